The summed E-state index contributed by atoms with van der Waals surface area (Å²) >= 11 is 3.08. The molecule has 1 N–H and O–H groups in total. The second-order valence-electron chi connectivity index (χ2n) is 4.33. The van der Waals surface area contributed by atoms with Crippen molar-refractivity contribution in [2.75, 3.05) is 11.4 Å². The molecule has 0 saturated carbocycles. The van der Waals surface area contributed by atoms with E-state index in [4.69, 9.17) is 5.11 Å². The van der Waals surface area contributed by atoms with Crippen LogP contribution in [0.2, 0.25) is 0 Å². The fourth-order valence-corrected chi connectivity index (χ4v) is 2.50. The van der Waals surface area contributed by atoms with Crippen LogP contribution in [0.5, 0.6) is 0 Å². The van der Waals surface area contributed by atoms with E-state index in [9.17, 15) is 22.8 Å². The molecule has 2 rings (SSSR count). The van der Waals surface area contributed by atoms with Gasteiger partial charge in [-0.15, -0.1) is 0 Å². The Morgan fingerprint density at radius 3 is 2.55 bits per heavy atom. The SMILES string of the molecule is O=C(O)C1CCN(c2cc(C(F)(F)F)ccc2Br)C1=O. The van der Waals surface area contributed by atoms with Crippen LogP contribution in [0.1, 0.15) is 12.0 Å². The lowest BCUT2D eigenvalue weighted by atomic mass is 10.1. The first-order valence-corrected chi connectivity index (χ1v) is 6.42. The maximum absolute atomic E-state index is 12.7. The summed E-state index contributed by atoms with van der Waals surface area (Å²) in [6, 6.07) is 2.93. The minimum absolute atomic E-state index is 0.0357. The fourth-order valence-electron chi connectivity index (χ4n) is 2.04. The number of carbonyl (C=O) groups is 2. The molecule has 1 aliphatic heterocycles. The van der Waals surface area contributed by atoms with Gasteiger partial charge in [0, 0.05) is 11.0 Å². The third-order valence-corrected chi connectivity index (χ3v) is 3.74. The highest BCUT2D eigenvalue weighted by Gasteiger charge is 2.39. The Morgan fingerprint density at radius 1 is 1.40 bits per heavy atom. The third-order valence-electron chi connectivity index (χ3n) is 3.07. The number of hydrogen-bond acceptors (Lipinski definition) is 2. The number of carboxylic acid groups (broad SMARTS) is 1. The largest absolute Gasteiger partial charge is 0.481 e. The van der Waals surface area contributed by atoms with Gasteiger partial charge in [-0.1, -0.05) is 0 Å². The summed E-state index contributed by atoms with van der Waals surface area (Å²) < 4.78 is 38.3. The number of benzene rings is 1. The molecular formula is C12H9BrF3NO3. The van der Waals surface area contributed by atoms with Crippen LogP contribution in [0.25, 0.3) is 0 Å². The highest BCUT2D eigenvalue weighted by molar-refractivity contribution is 9.10. The summed E-state index contributed by atoms with van der Waals surface area (Å²) in [5, 5.41) is 8.86. The van der Waals surface area contributed by atoms with Gasteiger partial charge in [-0.05, 0) is 40.5 Å². The molecule has 1 heterocycles. The number of carbonyl (C=O) groups excluding carboxylic acids is 1. The lowest BCUT2D eigenvalue weighted by Gasteiger charge is -2.19. The van der Waals surface area contributed by atoms with Crippen molar-refractivity contribution in [3.8, 4) is 0 Å². The number of rotatable bonds is 2. The quantitative estimate of drug-likeness (QED) is 0.833. The number of nitrogens with zero attached hydrogens (tertiary/aromatic N) is 1. The smallest absolute Gasteiger partial charge is 0.416 e. The molecule has 1 aromatic carbocycles. The minimum Gasteiger partial charge on any atom is -0.481 e. The lowest BCUT2D eigenvalue weighted by molar-refractivity contribution is -0.145. The van der Waals surface area contributed by atoms with Crippen molar-refractivity contribution in [2.24, 2.45) is 5.92 Å². The Morgan fingerprint density at radius 2 is 2.05 bits per heavy atom. The van der Waals surface area contributed by atoms with Gasteiger partial charge in [-0.3, -0.25) is 9.59 Å². The summed E-state index contributed by atoms with van der Waals surface area (Å²) in [5.41, 5.74) is -0.851. The van der Waals surface area contributed by atoms with E-state index < -0.39 is 29.5 Å². The van der Waals surface area contributed by atoms with Crippen LogP contribution in [0, 0.1) is 5.92 Å². The van der Waals surface area contributed by atoms with E-state index >= 15 is 0 Å². The first kappa shape index (κ1) is 14.8. The zero-order chi connectivity index (χ0) is 15.1. The van der Waals surface area contributed by atoms with E-state index in [1.807, 2.05) is 0 Å². The van der Waals surface area contributed by atoms with Gasteiger partial charge in [0.1, 0.15) is 5.92 Å². The van der Waals surface area contributed by atoms with Gasteiger partial charge in [-0.25, -0.2) is 0 Å². The zero-order valence-corrected chi connectivity index (χ0v) is 11.5. The zero-order valence-electron chi connectivity index (χ0n) is 9.95. The number of alkyl halides is 3. The van der Waals surface area contributed by atoms with Gasteiger partial charge in [0.2, 0.25) is 5.91 Å². The second kappa shape index (κ2) is 5.08. The highest BCUT2D eigenvalue weighted by atomic mass is 79.9. The molecule has 1 amide bonds. The average molecular weight is 352 g/mol. The molecule has 108 valence electrons. The summed E-state index contributed by atoms with van der Waals surface area (Å²) in [6.45, 7) is 0.0791. The Balaban J connectivity index is 2.39. The van der Waals surface area contributed by atoms with Crippen LogP contribution in [0.15, 0.2) is 22.7 Å². The van der Waals surface area contributed by atoms with Crippen LogP contribution < -0.4 is 4.90 Å². The normalized spacial score (nSPS) is 19.5. The van der Waals surface area contributed by atoms with Gasteiger partial charge in [0.05, 0.1) is 11.3 Å². The molecule has 1 saturated heterocycles. The van der Waals surface area contributed by atoms with Crippen molar-refractivity contribution < 1.29 is 27.9 Å². The summed E-state index contributed by atoms with van der Waals surface area (Å²) in [4.78, 5) is 23.8. The first-order chi connectivity index (χ1) is 9.21. The molecule has 1 unspecified atom stereocenters. The van der Waals surface area contributed by atoms with Crippen LogP contribution in [0.4, 0.5) is 18.9 Å². The molecule has 0 spiro atoms. The van der Waals surface area contributed by atoms with Crippen molar-refractivity contribution in [3.05, 3.63) is 28.2 Å². The lowest BCUT2D eigenvalue weighted by Crippen LogP contribution is -2.30. The molecule has 1 fully saturated rings. The van der Waals surface area contributed by atoms with Gasteiger partial charge in [0.15, 0.2) is 0 Å². The monoisotopic (exact) mass is 351 g/mol. The Hall–Kier alpha value is -1.57. The van der Waals surface area contributed by atoms with Crippen LogP contribution in [-0.2, 0) is 15.8 Å². The summed E-state index contributed by atoms with van der Waals surface area (Å²) in [5.74, 6) is -3.16. The fraction of sp³-hybridized carbons (Fsp3) is 0.333. The number of halogens is 4. The molecule has 0 aliphatic carbocycles. The summed E-state index contributed by atoms with van der Waals surface area (Å²) in [7, 11) is 0. The molecule has 1 aromatic rings. The van der Waals surface area contributed by atoms with Crippen LogP contribution >= 0.6 is 15.9 Å². The topological polar surface area (TPSA) is 57.6 Å². The van der Waals surface area contributed by atoms with Crippen LogP contribution in [0.3, 0.4) is 0 Å². The third kappa shape index (κ3) is 2.65. The molecule has 20 heavy (non-hydrogen) atoms. The molecule has 4 nitrogen and oxygen atoms in total. The van der Waals surface area contributed by atoms with E-state index in [-0.39, 0.29) is 18.7 Å². The van der Waals surface area contributed by atoms with Gasteiger partial charge in [-0.2, -0.15) is 13.2 Å². The maximum atomic E-state index is 12.7. The first-order valence-electron chi connectivity index (χ1n) is 5.62. The number of anilines is 1. The van der Waals surface area contributed by atoms with Gasteiger partial charge < -0.3 is 10.0 Å². The van der Waals surface area contributed by atoms with E-state index in [1.165, 1.54) is 6.07 Å². The molecule has 0 radical (unpaired) electrons. The predicted octanol–water partition coefficient (Wildman–Crippen LogP) is 2.91. The minimum atomic E-state index is -4.52. The molecule has 1 atom stereocenters. The molecule has 0 bridgehead atoms. The van der Waals surface area contributed by atoms with E-state index in [0.29, 0.717) is 4.47 Å². The van der Waals surface area contributed by atoms with Crippen molar-refractivity contribution in [3.63, 3.8) is 0 Å². The van der Waals surface area contributed by atoms with Crippen molar-refractivity contribution in [1.29, 1.82) is 0 Å². The van der Waals surface area contributed by atoms with Crippen molar-refractivity contribution >= 4 is 33.5 Å². The van der Waals surface area contributed by atoms with Gasteiger partial charge in [0.25, 0.3) is 0 Å². The van der Waals surface area contributed by atoms with Crippen molar-refractivity contribution in [1.82, 2.24) is 0 Å². The highest BCUT2D eigenvalue weighted by Crippen LogP contribution is 2.37. The molecule has 8 heteroatoms. The van der Waals surface area contributed by atoms with E-state index in [0.717, 1.165) is 17.0 Å². The number of hydrogen-bond donors (Lipinski definition) is 1. The van der Waals surface area contributed by atoms with Crippen molar-refractivity contribution in [2.45, 2.75) is 12.6 Å². The second-order valence-corrected chi connectivity index (χ2v) is 5.19. The predicted molar refractivity (Wildman–Crippen MR) is 67.2 cm³/mol. The number of carboxylic acids is 1. The Kier molecular flexibility index (Phi) is 3.77. The molecule has 0 aromatic heterocycles. The molecule has 1 aliphatic rings. The number of amides is 1. The van der Waals surface area contributed by atoms with E-state index in [1.54, 1.807) is 0 Å². The number of aliphatic carboxylic acids is 1. The van der Waals surface area contributed by atoms with Crippen LogP contribution in [-0.4, -0.2) is 23.5 Å². The summed E-state index contributed by atoms with van der Waals surface area (Å²) in [6.07, 6.45) is -4.44. The standard InChI is InChI=1S/C12H9BrF3NO3/c13-8-2-1-6(12(14,15)16)5-9(8)17-4-3-7(10(17)18)11(19)20/h1-2,5,7H,3-4H2,(H,19,20). The van der Waals surface area contributed by atoms with E-state index in [2.05, 4.69) is 15.9 Å². The Labute approximate surface area is 120 Å². The maximum Gasteiger partial charge on any atom is 0.416 e. The Bertz CT molecular complexity index is 574. The average Bonchev–Trinajstić information content (AvgIpc) is 2.70. The molecular weight excluding hydrogens is 343 g/mol. The van der Waals surface area contributed by atoms with Gasteiger partial charge >= 0.3 is 12.1 Å².